The van der Waals surface area contributed by atoms with E-state index in [2.05, 4.69) is 11.9 Å². The third-order valence-electron chi connectivity index (χ3n) is 5.93. The van der Waals surface area contributed by atoms with E-state index in [-0.39, 0.29) is 11.1 Å². The summed E-state index contributed by atoms with van der Waals surface area (Å²) in [5, 5.41) is 0.813. The van der Waals surface area contributed by atoms with Gasteiger partial charge >= 0.3 is 5.97 Å². The number of unbranched alkanes of at least 4 members (excludes halogenated alkanes) is 1. The molecule has 0 bridgehead atoms. The Morgan fingerprint density at radius 2 is 1.92 bits per heavy atom. The Bertz CT molecular complexity index is 1560. The van der Waals surface area contributed by atoms with E-state index in [4.69, 9.17) is 37.4 Å². The Balaban J connectivity index is 1.89. The quantitative estimate of drug-likeness (QED) is 0.289. The van der Waals surface area contributed by atoms with Crippen LogP contribution in [0, 0.1) is 0 Å². The molecule has 0 saturated heterocycles. The third kappa shape index (κ3) is 5.46. The molecule has 3 aromatic rings. The van der Waals surface area contributed by atoms with E-state index in [1.807, 2.05) is 6.07 Å². The van der Waals surface area contributed by atoms with E-state index in [0.29, 0.717) is 48.7 Å². The lowest BCUT2D eigenvalue weighted by atomic mass is 9.95. The molecule has 1 aliphatic rings. The average Bonchev–Trinajstić information content (AvgIpc) is 3.19. The molecule has 2 aromatic carbocycles. The van der Waals surface area contributed by atoms with Gasteiger partial charge in [0.25, 0.3) is 5.56 Å². The van der Waals surface area contributed by atoms with Gasteiger partial charge in [-0.3, -0.25) is 9.36 Å². The number of fused-ring (bicyclic) bond motifs is 1. The Kier molecular flexibility index (Phi) is 8.42. The zero-order chi connectivity index (χ0) is 26.7. The van der Waals surface area contributed by atoms with E-state index < -0.39 is 12.0 Å². The highest BCUT2D eigenvalue weighted by Gasteiger charge is 2.33. The first-order chi connectivity index (χ1) is 17.8. The lowest BCUT2D eigenvalue weighted by Gasteiger charge is -2.25. The smallest absolute Gasteiger partial charge is 0.338 e. The molecule has 1 unspecified atom stereocenters. The minimum Gasteiger partial charge on any atom is -0.493 e. The molecule has 0 amide bonds. The molecule has 0 spiro atoms. The molecule has 0 fully saturated rings. The fraction of sp³-hybridized carbons (Fsp3) is 0.296. The summed E-state index contributed by atoms with van der Waals surface area (Å²) >= 11 is 13.4. The van der Waals surface area contributed by atoms with Crippen molar-refractivity contribution in [2.75, 3.05) is 20.8 Å². The number of esters is 1. The Morgan fingerprint density at radius 1 is 1.14 bits per heavy atom. The van der Waals surface area contributed by atoms with Crippen LogP contribution in [-0.2, 0) is 9.53 Å². The van der Waals surface area contributed by atoms with Crippen LogP contribution in [0.25, 0.3) is 6.08 Å². The van der Waals surface area contributed by atoms with Gasteiger partial charge in [-0.15, -0.1) is 0 Å². The minimum absolute atomic E-state index is 0.276. The van der Waals surface area contributed by atoms with Crippen LogP contribution >= 0.6 is 34.5 Å². The monoisotopic (exact) mass is 560 g/mol. The molecule has 2 heterocycles. The summed E-state index contributed by atoms with van der Waals surface area (Å²) in [5.74, 6) is 0.532. The number of rotatable bonds is 8. The predicted octanol–water partition coefficient (Wildman–Crippen LogP) is 4.90. The molecule has 4 rings (SSSR count). The zero-order valence-electron chi connectivity index (χ0n) is 20.8. The Labute approximate surface area is 228 Å². The van der Waals surface area contributed by atoms with Crippen LogP contribution in [0.15, 0.2) is 57.5 Å². The van der Waals surface area contributed by atoms with Crippen molar-refractivity contribution in [3.8, 4) is 11.5 Å². The normalized spacial score (nSPS) is 15.3. The summed E-state index contributed by atoms with van der Waals surface area (Å²) < 4.78 is 18.5. The molecular formula is C27H26Cl2N2O5S. The molecule has 0 N–H and O–H groups in total. The van der Waals surface area contributed by atoms with Crippen LogP contribution in [-0.4, -0.2) is 31.4 Å². The SMILES string of the molecule is CCCCOc1ccc(C2C(C(=O)OC)=C(C)N=c3sc(=Cc4ccc(Cl)c(Cl)c4)c(=O)n32)cc1OC. The number of benzene rings is 2. The van der Waals surface area contributed by atoms with Crippen molar-refractivity contribution in [3.63, 3.8) is 0 Å². The molecular weight excluding hydrogens is 535 g/mol. The van der Waals surface area contributed by atoms with Gasteiger partial charge in [-0.1, -0.05) is 60.0 Å². The van der Waals surface area contributed by atoms with Gasteiger partial charge in [0.15, 0.2) is 16.3 Å². The van der Waals surface area contributed by atoms with Gasteiger partial charge in [0.05, 0.1) is 52.7 Å². The number of methoxy groups -OCH3 is 2. The molecule has 1 aliphatic heterocycles. The molecule has 37 heavy (non-hydrogen) atoms. The number of aromatic nitrogens is 1. The largest absolute Gasteiger partial charge is 0.493 e. The number of halogens is 2. The first kappa shape index (κ1) is 27.0. The maximum absolute atomic E-state index is 13.7. The molecule has 10 heteroatoms. The van der Waals surface area contributed by atoms with Gasteiger partial charge in [-0.05, 0) is 54.8 Å². The molecule has 1 aromatic heterocycles. The second-order valence-corrected chi connectivity index (χ2v) is 10.2. The minimum atomic E-state index is -0.766. The van der Waals surface area contributed by atoms with E-state index in [0.717, 1.165) is 18.4 Å². The molecule has 7 nitrogen and oxygen atoms in total. The molecule has 0 aliphatic carbocycles. The van der Waals surface area contributed by atoms with E-state index in [1.54, 1.807) is 50.4 Å². The van der Waals surface area contributed by atoms with Gasteiger partial charge in [0, 0.05) is 0 Å². The highest BCUT2D eigenvalue weighted by Crippen LogP contribution is 2.36. The summed E-state index contributed by atoms with van der Waals surface area (Å²) in [6.45, 7) is 4.38. The number of carbonyl (C=O) groups is 1. The van der Waals surface area contributed by atoms with Crippen LogP contribution in [0.5, 0.6) is 11.5 Å². The lowest BCUT2D eigenvalue weighted by Crippen LogP contribution is -2.39. The van der Waals surface area contributed by atoms with Gasteiger partial charge in [0.1, 0.15) is 0 Å². The second kappa shape index (κ2) is 11.5. The number of thiazole rings is 1. The summed E-state index contributed by atoms with van der Waals surface area (Å²) in [4.78, 5) is 31.6. The van der Waals surface area contributed by atoms with E-state index in [9.17, 15) is 9.59 Å². The summed E-state index contributed by atoms with van der Waals surface area (Å²) in [6, 6.07) is 9.77. The summed E-state index contributed by atoms with van der Waals surface area (Å²) in [6.07, 6.45) is 3.64. The van der Waals surface area contributed by atoms with Crippen LogP contribution in [0.3, 0.4) is 0 Å². The highest BCUT2D eigenvalue weighted by atomic mass is 35.5. The van der Waals surface area contributed by atoms with Gasteiger partial charge in [-0.2, -0.15) is 0 Å². The first-order valence-corrected chi connectivity index (χ1v) is 13.2. The van der Waals surface area contributed by atoms with Crippen molar-refractivity contribution in [2.45, 2.75) is 32.7 Å². The van der Waals surface area contributed by atoms with Crippen molar-refractivity contribution in [1.29, 1.82) is 0 Å². The van der Waals surface area contributed by atoms with Gasteiger partial charge in [0.2, 0.25) is 0 Å². The fourth-order valence-electron chi connectivity index (χ4n) is 4.06. The number of ether oxygens (including phenoxy) is 3. The maximum atomic E-state index is 13.7. The fourth-order valence-corrected chi connectivity index (χ4v) is 5.41. The topological polar surface area (TPSA) is 79.1 Å². The van der Waals surface area contributed by atoms with Gasteiger partial charge in [-0.25, -0.2) is 9.79 Å². The second-order valence-electron chi connectivity index (χ2n) is 8.36. The molecule has 0 radical (unpaired) electrons. The Morgan fingerprint density at radius 3 is 2.59 bits per heavy atom. The predicted molar refractivity (Wildman–Crippen MR) is 146 cm³/mol. The highest BCUT2D eigenvalue weighted by molar-refractivity contribution is 7.07. The van der Waals surface area contributed by atoms with Crippen molar-refractivity contribution < 1.29 is 19.0 Å². The van der Waals surface area contributed by atoms with E-state index >= 15 is 0 Å². The molecule has 0 saturated carbocycles. The van der Waals surface area contributed by atoms with Crippen molar-refractivity contribution in [2.24, 2.45) is 4.99 Å². The number of hydrogen-bond donors (Lipinski definition) is 0. The number of allylic oxidation sites excluding steroid dienone is 1. The van der Waals surface area contributed by atoms with Crippen molar-refractivity contribution in [3.05, 3.63) is 88.5 Å². The number of carbonyl (C=O) groups excluding carboxylic acids is 1. The first-order valence-electron chi connectivity index (χ1n) is 11.7. The van der Waals surface area contributed by atoms with Gasteiger partial charge < -0.3 is 14.2 Å². The standard InChI is InChI=1S/C27H26Cl2N2O5S/c1-5-6-11-36-20-10-8-17(14-21(20)34-3)24-23(26(33)35-4)15(2)30-27-31(24)25(32)22(37-27)13-16-7-9-18(28)19(29)12-16/h7-10,12-14,24H,5-6,11H2,1-4H3. The average molecular weight is 561 g/mol. The summed E-state index contributed by atoms with van der Waals surface area (Å²) in [7, 11) is 2.86. The van der Waals surface area contributed by atoms with Crippen LogP contribution in [0.1, 0.15) is 43.9 Å². The lowest BCUT2D eigenvalue weighted by molar-refractivity contribution is -0.136. The van der Waals surface area contributed by atoms with Crippen LogP contribution in [0.4, 0.5) is 0 Å². The van der Waals surface area contributed by atoms with Crippen LogP contribution in [0.2, 0.25) is 10.0 Å². The van der Waals surface area contributed by atoms with Crippen molar-refractivity contribution >= 4 is 46.6 Å². The van der Waals surface area contributed by atoms with Crippen LogP contribution < -0.4 is 24.4 Å². The molecule has 194 valence electrons. The van der Waals surface area contributed by atoms with Crippen molar-refractivity contribution in [1.82, 2.24) is 4.57 Å². The third-order valence-corrected chi connectivity index (χ3v) is 7.65. The number of nitrogens with zero attached hydrogens (tertiary/aromatic N) is 2. The maximum Gasteiger partial charge on any atom is 0.338 e. The zero-order valence-corrected chi connectivity index (χ0v) is 23.2. The number of hydrogen-bond acceptors (Lipinski definition) is 7. The Hall–Kier alpha value is -3.07. The molecule has 1 atom stereocenters. The summed E-state index contributed by atoms with van der Waals surface area (Å²) in [5.41, 5.74) is 1.84. The van der Waals surface area contributed by atoms with E-state index in [1.165, 1.54) is 23.0 Å².